The van der Waals surface area contributed by atoms with Gasteiger partial charge in [0.1, 0.15) is 28.9 Å². The van der Waals surface area contributed by atoms with Gasteiger partial charge in [-0.2, -0.15) is 9.57 Å². The van der Waals surface area contributed by atoms with Gasteiger partial charge in [0, 0.05) is 28.4 Å². The molecular weight excluding hydrogens is 585 g/mol. The Hall–Kier alpha value is -4.07. The average molecular weight is 611 g/mol. The highest BCUT2D eigenvalue weighted by Gasteiger charge is 2.26. The fourth-order valence-electron chi connectivity index (χ4n) is 3.80. The third-order valence-electron chi connectivity index (χ3n) is 5.81. The SMILES string of the molecule is CCOc1ccc(NC(=O)/C(C#N)=C\c2ccc(CN(Cc3ccc(Cl)cc3)S(=O)(=O)c3ccc(Cl)cc3)o2)cc1. The number of nitriles is 1. The maximum Gasteiger partial charge on any atom is 0.266 e. The van der Waals surface area contributed by atoms with Crippen molar-refractivity contribution in [3.63, 3.8) is 0 Å². The molecule has 0 bridgehead atoms. The Kier molecular flexibility index (Phi) is 9.86. The first-order valence-corrected chi connectivity index (χ1v) is 14.6. The number of carbonyl (C=O) groups excluding carboxylic acids is 1. The van der Waals surface area contributed by atoms with Gasteiger partial charge in [0.25, 0.3) is 5.91 Å². The summed E-state index contributed by atoms with van der Waals surface area (Å²) in [5, 5.41) is 13.2. The Labute approximate surface area is 248 Å². The Morgan fingerprint density at radius 1 is 0.951 bits per heavy atom. The molecule has 4 rings (SSSR count). The van der Waals surface area contributed by atoms with Crippen LogP contribution >= 0.6 is 23.2 Å². The number of carbonyl (C=O) groups is 1. The monoisotopic (exact) mass is 609 g/mol. The van der Waals surface area contributed by atoms with E-state index in [0.29, 0.717) is 33.8 Å². The van der Waals surface area contributed by atoms with Gasteiger partial charge < -0.3 is 14.5 Å². The van der Waals surface area contributed by atoms with Crippen LogP contribution in [-0.2, 0) is 27.9 Å². The number of hydrogen-bond acceptors (Lipinski definition) is 6. The number of ether oxygens (including phenoxy) is 1. The van der Waals surface area contributed by atoms with Gasteiger partial charge in [0.2, 0.25) is 10.0 Å². The number of amides is 1. The summed E-state index contributed by atoms with van der Waals surface area (Å²) in [5.41, 5.74) is 1.02. The predicted molar refractivity (Wildman–Crippen MR) is 158 cm³/mol. The van der Waals surface area contributed by atoms with Crippen molar-refractivity contribution in [1.29, 1.82) is 5.26 Å². The van der Waals surface area contributed by atoms with Crippen molar-refractivity contribution in [2.75, 3.05) is 11.9 Å². The van der Waals surface area contributed by atoms with Gasteiger partial charge in [-0.05, 0) is 85.3 Å². The molecular formula is C30H25Cl2N3O5S. The molecule has 1 aromatic heterocycles. The van der Waals surface area contributed by atoms with E-state index in [1.54, 1.807) is 60.7 Å². The highest BCUT2D eigenvalue weighted by molar-refractivity contribution is 7.89. The topological polar surface area (TPSA) is 113 Å². The van der Waals surface area contributed by atoms with Crippen LogP contribution in [0.4, 0.5) is 5.69 Å². The number of furan rings is 1. The lowest BCUT2D eigenvalue weighted by Crippen LogP contribution is -2.30. The van der Waals surface area contributed by atoms with Crippen molar-refractivity contribution < 1.29 is 22.4 Å². The van der Waals surface area contributed by atoms with Crippen LogP contribution in [0.3, 0.4) is 0 Å². The summed E-state index contributed by atoms with van der Waals surface area (Å²) in [6.07, 6.45) is 1.30. The van der Waals surface area contributed by atoms with E-state index < -0.39 is 15.9 Å². The van der Waals surface area contributed by atoms with Crippen molar-refractivity contribution >= 4 is 50.9 Å². The predicted octanol–water partition coefficient (Wildman–Crippen LogP) is 6.92. The fourth-order valence-corrected chi connectivity index (χ4v) is 5.44. The van der Waals surface area contributed by atoms with E-state index in [0.717, 1.165) is 5.56 Å². The molecule has 210 valence electrons. The van der Waals surface area contributed by atoms with E-state index in [2.05, 4.69) is 5.32 Å². The standard InChI is InChI=1S/C30H25Cl2N3O5S/c1-2-39-26-11-9-25(10-12-26)34-30(36)22(18-33)17-27-13-14-28(40-27)20-35(19-21-3-5-23(31)6-4-21)41(37,38)29-15-7-24(32)8-16-29/h3-17H,2,19-20H2,1H3,(H,34,36)/b22-17-. The number of anilines is 1. The minimum Gasteiger partial charge on any atom is -0.494 e. The third-order valence-corrected chi connectivity index (χ3v) is 8.12. The molecule has 4 aromatic rings. The van der Waals surface area contributed by atoms with E-state index in [-0.39, 0.29) is 29.3 Å². The van der Waals surface area contributed by atoms with Gasteiger partial charge in [-0.15, -0.1) is 0 Å². The molecule has 0 saturated carbocycles. The number of benzene rings is 3. The zero-order valence-corrected chi connectivity index (χ0v) is 24.2. The smallest absolute Gasteiger partial charge is 0.266 e. The van der Waals surface area contributed by atoms with Crippen LogP contribution in [0, 0.1) is 11.3 Å². The number of nitrogens with zero attached hydrogens (tertiary/aromatic N) is 2. The molecule has 0 atom stereocenters. The van der Waals surface area contributed by atoms with Gasteiger partial charge in [-0.25, -0.2) is 8.42 Å². The van der Waals surface area contributed by atoms with Gasteiger partial charge in [-0.1, -0.05) is 35.3 Å². The number of hydrogen-bond donors (Lipinski definition) is 1. The number of nitrogens with one attached hydrogen (secondary N) is 1. The summed E-state index contributed by atoms with van der Waals surface area (Å²) >= 11 is 12.0. The summed E-state index contributed by atoms with van der Waals surface area (Å²) in [6.45, 7) is 2.32. The molecule has 0 spiro atoms. The first kappa shape index (κ1) is 29.9. The Bertz CT molecular complexity index is 1680. The van der Waals surface area contributed by atoms with Crippen molar-refractivity contribution in [1.82, 2.24) is 4.31 Å². The second kappa shape index (κ2) is 13.5. The fraction of sp³-hybridized carbons (Fsp3) is 0.133. The minimum atomic E-state index is -3.96. The quantitative estimate of drug-likeness (QED) is 0.146. The van der Waals surface area contributed by atoms with Crippen LogP contribution in [0.5, 0.6) is 5.75 Å². The number of halogens is 2. The van der Waals surface area contributed by atoms with Gasteiger partial charge in [0.15, 0.2) is 0 Å². The molecule has 1 heterocycles. The molecule has 0 fully saturated rings. The van der Waals surface area contributed by atoms with Crippen LogP contribution in [0.15, 0.2) is 99.8 Å². The summed E-state index contributed by atoms with van der Waals surface area (Å²) in [5.74, 6) is 0.567. The van der Waals surface area contributed by atoms with E-state index in [9.17, 15) is 18.5 Å². The maximum absolute atomic E-state index is 13.6. The number of rotatable bonds is 11. The minimum absolute atomic E-state index is 0.0436. The van der Waals surface area contributed by atoms with Crippen LogP contribution < -0.4 is 10.1 Å². The Morgan fingerprint density at radius 2 is 1.59 bits per heavy atom. The maximum atomic E-state index is 13.6. The summed E-state index contributed by atoms with van der Waals surface area (Å²) in [7, 11) is -3.96. The molecule has 11 heteroatoms. The molecule has 0 radical (unpaired) electrons. The van der Waals surface area contributed by atoms with Crippen molar-refractivity contribution in [2.24, 2.45) is 0 Å². The molecule has 0 saturated heterocycles. The molecule has 1 amide bonds. The van der Waals surface area contributed by atoms with E-state index >= 15 is 0 Å². The summed E-state index contributed by atoms with van der Waals surface area (Å²) < 4.78 is 39.6. The van der Waals surface area contributed by atoms with Crippen LogP contribution in [0.25, 0.3) is 6.08 Å². The third kappa shape index (κ3) is 7.99. The van der Waals surface area contributed by atoms with E-state index in [4.69, 9.17) is 32.4 Å². The molecule has 41 heavy (non-hydrogen) atoms. The highest BCUT2D eigenvalue weighted by atomic mass is 35.5. The van der Waals surface area contributed by atoms with Gasteiger partial charge in [0.05, 0.1) is 18.0 Å². The first-order valence-electron chi connectivity index (χ1n) is 12.4. The van der Waals surface area contributed by atoms with E-state index in [1.807, 2.05) is 13.0 Å². The molecule has 8 nitrogen and oxygen atoms in total. The van der Waals surface area contributed by atoms with Crippen LogP contribution in [0.1, 0.15) is 24.0 Å². The molecule has 3 aromatic carbocycles. The van der Waals surface area contributed by atoms with Crippen LogP contribution in [-0.4, -0.2) is 25.2 Å². The van der Waals surface area contributed by atoms with Gasteiger partial charge in [-0.3, -0.25) is 4.79 Å². The Morgan fingerprint density at radius 3 is 2.20 bits per heavy atom. The lowest BCUT2D eigenvalue weighted by Gasteiger charge is -2.21. The average Bonchev–Trinajstić information content (AvgIpc) is 3.40. The summed E-state index contributed by atoms with van der Waals surface area (Å²) in [6, 6.07) is 24.5. The number of sulfonamides is 1. The zero-order chi connectivity index (χ0) is 29.4. The lowest BCUT2D eigenvalue weighted by atomic mass is 10.2. The van der Waals surface area contributed by atoms with E-state index in [1.165, 1.54) is 34.6 Å². The molecule has 0 unspecified atom stereocenters. The highest BCUT2D eigenvalue weighted by Crippen LogP contribution is 2.25. The van der Waals surface area contributed by atoms with Crippen LogP contribution in [0.2, 0.25) is 10.0 Å². The van der Waals surface area contributed by atoms with Crippen molar-refractivity contribution in [3.8, 4) is 11.8 Å². The Balaban J connectivity index is 1.54. The summed E-state index contributed by atoms with van der Waals surface area (Å²) in [4.78, 5) is 12.8. The largest absolute Gasteiger partial charge is 0.494 e. The lowest BCUT2D eigenvalue weighted by molar-refractivity contribution is -0.112. The molecule has 0 aliphatic rings. The normalized spacial score (nSPS) is 11.7. The van der Waals surface area contributed by atoms with Crippen molar-refractivity contribution in [3.05, 3.63) is 118 Å². The molecule has 0 aliphatic carbocycles. The second-order valence-corrected chi connectivity index (χ2v) is 11.5. The zero-order valence-electron chi connectivity index (χ0n) is 21.9. The first-order chi connectivity index (χ1) is 19.7. The van der Waals surface area contributed by atoms with Crippen molar-refractivity contribution in [2.45, 2.75) is 24.9 Å². The molecule has 1 N–H and O–H groups in total. The molecule has 0 aliphatic heterocycles. The van der Waals surface area contributed by atoms with Gasteiger partial charge >= 0.3 is 0 Å². The second-order valence-electron chi connectivity index (χ2n) is 8.74.